The third-order valence-electron chi connectivity index (χ3n) is 6.32. The summed E-state index contributed by atoms with van der Waals surface area (Å²) in [4.78, 5) is 40.1. The topological polar surface area (TPSA) is 71.4 Å². The first-order chi connectivity index (χ1) is 14.5. The monoisotopic (exact) mass is 407 g/mol. The van der Waals surface area contributed by atoms with Crippen molar-refractivity contribution in [2.24, 2.45) is 0 Å². The van der Waals surface area contributed by atoms with Crippen LogP contribution in [0.2, 0.25) is 0 Å². The van der Waals surface area contributed by atoms with Crippen LogP contribution < -0.4 is 10.9 Å². The van der Waals surface area contributed by atoms with E-state index in [1.165, 1.54) is 0 Å². The van der Waals surface area contributed by atoms with Crippen LogP contribution in [0.15, 0.2) is 41.3 Å². The molecule has 0 unspecified atom stereocenters. The summed E-state index contributed by atoms with van der Waals surface area (Å²) in [6.07, 6.45) is 7.28. The minimum Gasteiger partial charge on any atom is -0.349 e. The van der Waals surface area contributed by atoms with Gasteiger partial charge in [-0.1, -0.05) is 43.2 Å². The fourth-order valence-electron chi connectivity index (χ4n) is 4.60. The first kappa shape index (κ1) is 20.4. The Morgan fingerprint density at radius 1 is 1.13 bits per heavy atom. The summed E-state index contributed by atoms with van der Waals surface area (Å²) < 4.78 is 1.65. The number of hydrogen-bond donors (Lipinski definition) is 1. The van der Waals surface area contributed by atoms with Crippen molar-refractivity contribution < 1.29 is 9.59 Å². The van der Waals surface area contributed by atoms with E-state index in [1.807, 2.05) is 36.5 Å². The molecule has 1 aromatic heterocycles. The Bertz CT molecular complexity index is 991. The molecule has 2 heterocycles. The van der Waals surface area contributed by atoms with Crippen molar-refractivity contribution in [2.45, 2.75) is 64.6 Å². The third-order valence-corrected chi connectivity index (χ3v) is 6.32. The van der Waals surface area contributed by atoms with E-state index in [0.29, 0.717) is 32.5 Å². The summed E-state index contributed by atoms with van der Waals surface area (Å²) in [5.41, 5.74) is 2.90. The summed E-state index contributed by atoms with van der Waals surface area (Å²) >= 11 is 0. The molecule has 6 nitrogen and oxygen atoms in total. The molecule has 0 atom stereocenters. The van der Waals surface area contributed by atoms with Gasteiger partial charge in [0.25, 0.3) is 11.5 Å². The van der Waals surface area contributed by atoms with Gasteiger partial charge in [-0.15, -0.1) is 0 Å². The average molecular weight is 408 g/mol. The zero-order valence-electron chi connectivity index (χ0n) is 17.5. The standard InChI is InChI=1S/C24H29N3O3/c1-17(28)26-14-12-21-19(15-26)16-27(13-11-18-7-3-2-4-8-18)24(30)22(21)23(29)25-20-9-5-6-10-20/h2-4,7-8,16,20H,5-6,9-15H2,1H3,(H,25,29). The predicted molar refractivity (Wildman–Crippen MR) is 115 cm³/mol. The van der Waals surface area contributed by atoms with Gasteiger partial charge in [0.2, 0.25) is 5.91 Å². The Kier molecular flexibility index (Phi) is 6.02. The molecule has 1 aliphatic heterocycles. The SMILES string of the molecule is CC(=O)N1CCc2c(cn(CCc3ccccc3)c(=O)c2C(=O)NC2CCCC2)C1. The van der Waals surface area contributed by atoms with E-state index < -0.39 is 0 Å². The maximum absolute atomic E-state index is 13.3. The van der Waals surface area contributed by atoms with Gasteiger partial charge < -0.3 is 14.8 Å². The van der Waals surface area contributed by atoms with E-state index >= 15 is 0 Å². The van der Waals surface area contributed by atoms with Crippen LogP contribution in [0.5, 0.6) is 0 Å². The van der Waals surface area contributed by atoms with Gasteiger partial charge in [0.05, 0.1) is 0 Å². The number of hydrogen-bond acceptors (Lipinski definition) is 3. The van der Waals surface area contributed by atoms with Crippen LogP contribution in [-0.4, -0.2) is 33.9 Å². The fraction of sp³-hybridized carbons (Fsp3) is 0.458. The van der Waals surface area contributed by atoms with Gasteiger partial charge in [-0.2, -0.15) is 0 Å². The second-order valence-electron chi connectivity index (χ2n) is 8.39. The van der Waals surface area contributed by atoms with Crippen molar-refractivity contribution in [3.05, 3.63) is 69.1 Å². The molecule has 30 heavy (non-hydrogen) atoms. The minimum absolute atomic E-state index is 0.0136. The molecule has 1 fully saturated rings. The molecular formula is C24H29N3O3. The van der Waals surface area contributed by atoms with E-state index in [2.05, 4.69) is 5.32 Å². The molecule has 0 radical (unpaired) electrons. The lowest BCUT2D eigenvalue weighted by Gasteiger charge is -2.30. The number of nitrogens with zero attached hydrogens (tertiary/aromatic N) is 2. The van der Waals surface area contributed by atoms with Crippen molar-refractivity contribution in [1.82, 2.24) is 14.8 Å². The summed E-state index contributed by atoms with van der Waals surface area (Å²) in [5, 5.41) is 3.09. The quantitative estimate of drug-likeness (QED) is 0.828. The van der Waals surface area contributed by atoms with Crippen LogP contribution in [0.25, 0.3) is 0 Å². The lowest BCUT2D eigenvalue weighted by molar-refractivity contribution is -0.129. The summed E-state index contributed by atoms with van der Waals surface area (Å²) in [6, 6.07) is 10.2. The summed E-state index contributed by atoms with van der Waals surface area (Å²) in [5.74, 6) is -0.242. The van der Waals surface area contributed by atoms with E-state index in [4.69, 9.17) is 0 Å². The number of fused-ring (bicyclic) bond motifs is 1. The number of rotatable bonds is 5. The van der Waals surface area contributed by atoms with E-state index in [1.54, 1.807) is 16.4 Å². The van der Waals surface area contributed by atoms with Crippen LogP contribution in [0.4, 0.5) is 0 Å². The second kappa shape index (κ2) is 8.86. The Labute approximate surface area is 176 Å². The van der Waals surface area contributed by atoms with Crippen LogP contribution in [0, 0.1) is 0 Å². The first-order valence-electron chi connectivity index (χ1n) is 10.9. The molecule has 2 aromatic rings. The fourth-order valence-corrected chi connectivity index (χ4v) is 4.60. The Hall–Kier alpha value is -2.89. The first-order valence-corrected chi connectivity index (χ1v) is 10.9. The zero-order valence-corrected chi connectivity index (χ0v) is 17.5. The van der Waals surface area contributed by atoms with E-state index in [-0.39, 0.29) is 29.0 Å². The molecule has 2 amide bonds. The number of pyridine rings is 1. The van der Waals surface area contributed by atoms with Crippen molar-refractivity contribution in [1.29, 1.82) is 0 Å². The second-order valence-corrected chi connectivity index (χ2v) is 8.39. The molecule has 2 aliphatic rings. The number of benzene rings is 1. The highest BCUT2D eigenvalue weighted by Gasteiger charge is 2.28. The smallest absolute Gasteiger partial charge is 0.263 e. The Morgan fingerprint density at radius 2 is 1.87 bits per heavy atom. The number of nitrogens with one attached hydrogen (secondary N) is 1. The number of amides is 2. The van der Waals surface area contributed by atoms with Crippen molar-refractivity contribution in [3.63, 3.8) is 0 Å². The number of aromatic nitrogens is 1. The molecule has 0 saturated heterocycles. The van der Waals surface area contributed by atoms with Gasteiger partial charge >= 0.3 is 0 Å². The maximum atomic E-state index is 13.3. The van der Waals surface area contributed by atoms with Crippen molar-refractivity contribution >= 4 is 11.8 Å². The van der Waals surface area contributed by atoms with Gasteiger partial charge in [-0.05, 0) is 42.4 Å². The molecular weight excluding hydrogens is 378 g/mol. The molecule has 1 saturated carbocycles. The largest absolute Gasteiger partial charge is 0.349 e. The number of carbonyl (C=O) groups is 2. The molecule has 1 aliphatic carbocycles. The van der Waals surface area contributed by atoms with E-state index in [9.17, 15) is 14.4 Å². The van der Waals surface area contributed by atoms with E-state index in [0.717, 1.165) is 42.4 Å². The highest BCUT2D eigenvalue weighted by atomic mass is 16.2. The van der Waals surface area contributed by atoms with Crippen molar-refractivity contribution in [2.75, 3.05) is 6.54 Å². The maximum Gasteiger partial charge on any atom is 0.263 e. The van der Waals surface area contributed by atoms with Gasteiger partial charge in [0.1, 0.15) is 5.56 Å². The third kappa shape index (κ3) is 4.32. The molecule has 1 N–H and O–H groups in total. The predicted octanol–water partition coefficient (Wildman–Crippen LogP) is 2.67. The number of carbonyl (C=O) groups excluding carboxylic acids is 2. The summed E-state index contributed by atoms with van der Waals surface area (Å²) in [6.45, 7) is 3.05. The zero-order chi connectivity index (χ0) is 21.1. The van der Waals surface area contributed by atoms with Gasteiger partial charge in [-0.25, -0.2) is 0 Å². The van der Waals surface area contributed by atoms with Crippen molar-refractivity contribution in [3.8, 4) is 0 Å². The van der Waals surface area contributed by atoms with Gasteiger partial charge in [0, 0.05) is 38.8 Å². The molecule has 6 heteroatoms. The molecule has 1 aromatic carbocycles. The van der Waals surface area contributed by atoms with Crippen LogP contribution in [0.1, 0.15) is 59.7 Å². The number of aryl methyl sites for hydroxylation is 2. The highest BCUT2D eigenvalue weighted by molar-refractivity contribution is 5.96. The molecule has 158 valence electrons. The highest BCUT2D eigenvalue weighted by Crippen LogP contribution is 2.23. The molecule has 4 rings (SSSR count). The minimum atomic E-state index is -0.256. The van der Waals surface area contributed by atoms with Crippen LogP contribution in [-0.2, 0) is 30.7 Å². The molecule has 0 spiro atoms. The van der Waals surface area contributed by atoms with Gasteiger partial charge in [-0.3, -0.25) is 14.4 Å². The lowest BCUT2D eigenvalue weighted by atomic mass is 9.95. The summed E-state index contributed by atoms with van der Waals surface area (Å²) in [7, 11) is 0. The lowest BCUT2D eigenvalue weighted by Crippen LogP contribution is -2.42. The van der Waals surface area contributed by atoms with Crippen LogP contribution >= 0.6 is 0 Å². The van der Waals surface area contributed by atoms with Crippen LogP contribution in [0.3, 0.4) is 0 Å². The Morgan fingerprint density at radius 3 is 2.57 bits per heavy atom. The average Bonchev–Trinajstić information content (AvgIpc) is 3.25. The molecule has 0 bridgehead atoms. The Balaban J connectivity index is 1.67. The normalized spacial score (nSPS) is 16.4. The van der Waals surface area contributed by atoms with Gasteiger partial charge in [0.15, 0.2) is 0 Å².